The standard InChI is InChI=1S/C17H25NO/c19-14-17-11-10-16(12-13-18-17)9-5-4-8-15-6-2-1-3-7-15/h1-3,6-7,14,16-18H,4-5,8-13H2. The zero-order chi connectivity index (χ0) is 13.3. The van der Waals surface area contributed by atoms with Gasteiger partial charge in [-0.1, -0.05) is 43.2 Å². The SMILES string of the molecule is O=CC1CCC(CCCCc2ccccc2)CCN1. The maximum absolute atomic E-state index is 10.8. The molecule has 1 aromatic carbocycles. The molecule has 1 saturated heterocycles. The molecule has 1 N–H and O–H groups in total. The summed E-state index contributed by atoms with van der Waals surface area (Å²) >= 11 is 0. The van der Waals surface area contributed by atoms with Gasteiger partial charge in [-0.05, 0) is 50.1 Å². The van der Waals surface area contributed by atoms with Crippen molar-refractivity contribution in [3.8, 4) is 0 Å². The largest absolute Gasteiger partial charge is 0.308 e. The van der Waals surface area contributed by atoms with Gasteiger partial charge in [0.15, 0.2) is 0 Å². The van der Waals surface area contributed by atoms with E-state index in [0.29, 0.717) is 0 Å². The topological polar surface area (TPSA) is 29.1 Å². The van der Waals surface area contributed by atoms with Gasteiger partial charge in [0.25, 0.3) is 0 Å². The van der Waals surface area contributed by atoms with Gasteiger partial charge in [0.2, 0.25) is 0 Å². The van der Waals surface area contributed by atoms with E-state index in [9.17, 15) is 4.79 Å². The fourth-order valence-electron chi connectivity index (χ4n) is 2.95. The van der Waals surface area contributed by atoms with E-state index >= 15 is 0 Å². The molecule has 104 valence electrons. The third-order valence-electron chi connectivity index (χ3n) is 4.18. The van der Waals surface area contributed by atoms with Gasteiger partial charge in [0.05, 0.1) is 6.04 Å². The first kappa shape index (κ1) is 14.3. The van der Waals surface area contributed by atoms with Gasteiger partial charge >= 0.3 is 0 Å². The summed E-state index contributed by atoms with van der Waals surface area (Å²) in [4.78, 5) is 10.8. The van der Waals surface area contributed by atoms with Crippen LogP contribution in [0.2, 0.25) is 0 Å². The molecule has 19 heavy (non-hydrogen) atoms. The van der Waals surface area contributed by atoms with Crippen molar-refractivity contribution in [3.63, 3.8) is 0 Å². The Morgan fingerprint density at radius 3 is 2.74 bits per heavy atom. The molecule has 1 heterocycles. The maximum Gasteiger partial charge on any atom is 0.136 e. The molecule has 0 aliphatic carbocycles. The summed E-state index contributed by atoms with van der Waals surface area (Å²) in [5.41, 5.74) is 1.45. The molecule has 1 aliphatic heterocycles. The number of unbranched alkanes of at least 4 members (excludes halogenated alkanes) is 1. The average molecular weight is 259 g/mol. The van der Waals surface area contributed by atoms with Crippen molar-refractivity contribution in [1.82, 2.24) is 5.32 Å². The van der Waals surface area contributed by atoms with Crippen LogP contribution in [0, 0.1) is 5.92 Å². The lowest BCUT2D eigenvalue weighted by atomic mass is 9.93. The highest BCUT2D eigenvalue weighted by atomic mass is 16.1. The van der Waals surface area contributed by atoms with E-state index in [4.69, 9.17) is 0 Å². The molecule has 2 atom stereocenters. The second kappa shape index (κ2) is 8.11. The van der Waals surface area contributed by atoms with E-state index < -0.39 is 0 Å². The van der Waals surface area contributed by atoms with E-state index in [0.717, 1.165) is 25.2 Å². The van der Waals surface area contributed by atoms with Crippen LogP contribution in [-0.2, 0) is 11.2 Å². The number of carbonyl (C=O) groups is 1. The van der Waals surface area contributed by atoms with Gasteiger partial charge in [-0.25, -0.2) is 0 Å². The fraction of sp³-hybridized carbons (Fsp3) is 0.588. The van der Waals surface area contributed by atoms with E-state index in [1.54, 1.807) is 0 Å². The summed E-state index contributed by atoms with van der Waals surface area (Å²) in [6.45, 7) is 1.01. The zero-order valence-electron chi connectivity index (χ0n) is 11.7. The van der Waals surface area contributed by atoms with Crippen LogP contribution in [0.25, 0.3) is 0 Å². The van der Waals surface area contributed by atoms with Crippen LogP contribution in [0.15, 0.2) is 30.3 Å². The minimum atomic E-state index is 0.106. The highest BCUT2D eigenvalue weighted by molar-refractivity contribution is 5.57. The van der Waals surface area contributed by atoms with Crippen LogP contribution in [0.3, 0.4) is 0 Å². The van der Waals surface area contributed by atoms with Crippen LogP contribution >= 0.6 is 0 Å². The number of benzene rings is 1. The van der Waals surface area contributed by atoms with Crippen molar-refractivity contribution in [2.24, 2.45) is 5.92 Å². The highest BCUT2D eigenvalue weighted by Crippen LogP contribution is 2.22. The minimum Gasteiger partial charge on any atom is -0.308 e. The monoisotopic (exact) mass is 259 g/mol. The number of aldehydes is 1. The van der Waals surface area contributed by atoms with Gasteiger partial charge in [0, 0.05) is 0 Å². The van der Waals surface area contributed by atoms with E-state index in [1.165, 1.54) is 44.1 Å². The molecule has 0 radical (unpaired) electrons. The number of nitrogens with one attached hydrogen (secondary N) is 1. The molecule has 1 aromatic rings. The van der Waals surface area contributed by atoms with E-state index in [-0.39, 0.29) is 6.04 Å². The average Bonchev–Trinajstić information content (AvgIpc) is 2.70. The summed E-state index contributed by atoms with van der Waals surface area (Å²) in [5, 5.41) is 3.31. The van der Waals surface area contributed by atoms with Crippen molar-refractivity contribution >= 4 is 6.29 Å². The zero-order valence-corrected chi connectivity index (χ0v) is 11.7. The maximum atomic E-state index is 10.8. The summed E-state index contributed by atoms with van der Waals surface area (Å²) in [7, 11) is 0. The Labute approximate surface area is 116 Å². The van der Waals surface area contributed by atoms with Crippen LogP contribution in [0.5, 0.6) is 0 Å². The third kappa shape index (κ3) is 5.15. The summed E-state index contributed by atoms with van der Waals surface area (Å²) in [6, 6.07) is 10.8. The first-order chi connectivity index (χ1) is 9.38. The number of hydrogen-bond acceptors (Lipinski definition) is 2. The molecular formula is C17H25NO. The van der Waals surface area contributed by atoms with Crippen molar-refractivity contribution in [2.45, 2.75) is 51.0 Å². The minimum absolute atomic E-state index is 0.106. The molecule has 0 saturated carbocycles. The summed E-state index contributed by atoms with van der Waals surface area (Å²) < 4.78 is 0. The Kier molecular flexibility index (Phi) is 6.09. The van der Waals surface area contributed by atoms with Gasteiger partial charge in [0.1, 0.15) is 6.29 Å². The Bertz CT molecular complexity index is 363. The van der Waals surface area contributed by atoms with Crippen molar-refractivity contribution in [1.29, 1.82) is 0 Å². The summed E-state index contributed by atoms with van der Waals surface area (Å²) in [6.07, 6.45) is 9.64. The molecule has 0 aromatic heterocycles. The van der Waals surface area contributed by atoms with Crippen LogP contribution in [0.1, 0.15) is 44.1 Å². The highest BCUT2D eigenvalue weighted by Gasteiger charge is 2.17. The Hall–Kier alpha value is -1.15. The molecule has 1 fully saturated rings. The second-order valence-electron chi connectivity index (χ2n) is 5.66. The smallest absolute Gasteiger partial charge is 0.136 e. The number of hydrogen-bond donors (Lipinski definition) is 1. The van der Waals surface area contributed by atoms with Crippen LogP contribution in [0.4, 0.5) is 0 Å². The van der Waals surface area contributed by atoms with Crippen molar-refractivity contribution in [2.75, 3.05) is 6.54 Å². The lowest BCUT2D eigenvalue weighted by Crippen LogP contribution is -2.29. The Morgan fingerprint density at radius 2 is 1.95 bits per heavy atom. The third-order valence-corrected chi connectivity index (χ3v) is 4.18. The molecule has 2 nitrogen and oxygen atoms in total. The molecule has 0 bridgehead atoms. The Balaban J connectivity index is 1.62. The predicted octanol–water partition coefficient (Wildman–Crippen LogP) is 3.36. The van der Waals surface area contributed by atoms with E-state index in [2.05, 4.69) is 35.6 Å². The lowest BCUT2D eigenvalue weighted by molar-refractivity contribution is -0.109. The second-order valence-corrected chi connectivity index (χ2v) is 5.66. The number of rotatable bonds is 6. The van der Waals surface area contributed by atoms with Gasteiger partial charge in [-0.15, -0.1) is 0 Å². The van der Waals surface area contributed by atoms with Crippen LogP contribution < -0.4 is 5.32 Å². The molecule has 0 spiro atoms. The summed E-state index contributed by atoms with van der Waals surface area (Å²) in [5.74, 6) is 0.813. The first-order valence-corrected chi connectivity index (χ1v) is 7.61. The molecule has 1 aliphatic rings. The predicted molar refractivity (Wildman–Crippen MR) is 79.2 cm³/mol. The van der Waals surface area contributed by atoms with Crippen LogP contribution in [-0.4, -0.2) is 18.9 Å². The quantitative estimate of drug-likeness (QED) is 0.627. The molecule has 2 unspecified atom stereocenters. The van der Waals surface area contributed by atoms with Crippen molar-refractivity contribution in [3.05, 3.63) is 35.9 Å². The molecular weight excluding hydrogens is 234 g/mol. The van der Waals surface area contributed by atoms with E-state index in [1.807, 2.05) is 0 Å². The van der Waals surface area contributed by atoms with Crippen molar-refractivity contribution < 1.29 is 4.79 Å². The lowest BCUT2D eigenvalue weighted by Gasteiger charge is -2.13. The van der Waals surface area contributed by atoms with Gasteiger partial charge in [-0.3, -0.25) is 0 Å². The number of aryl methyl sites for hydroxylation is 1. The van der Waals surface area contributed by atoms with Gasteiger partial charge in [-0.2, -0.15) is 0 Å². The molecule has 2 heteroatoms. The molecule has 2 rings (SSSR count). The van der Waals surface area contributed by atoms with Gasteiger partial charge < -0.3 is 10.1 Å². The number of carbonyl (C=O) groups excluding carboxylic acids is 1. The fourth-order valence-corrected chi connectivity index (χ4v) is 2.95. The first-order valence-electron chi connectivity index (χ1n) is 7.61. The normalized spacial score (nSPS) is 23.8. The molecule has 0 amide bonds. The Morgan fingerprint density at radius 1 is 1.11 bits per heavy atom.